The third kappa shape index (κ3) is 3.79. The molecule has 4 heterocycles. The summed E-state index contributed by atoms with van der Waals surface area (Å²) in [6.45, 7) is 2.41. The van der Waals surface area contributed by atoms with Gasteiger partial charge in [-0.25, -0.2) is 4.79 Å². The highest BCUT2D eigenvalue weighted by atomic mass is 16.5. The van der Waals surface area contributed by atoms with Crippen molar-refractivity contribution >= 4 is 28.5 Å². The molecular weight excluding hydrogens is 420 g/mol. The molecule has 0 aliphatic carbocycles. The minimum absolute atomic E-state index is 0.131. The molecule has 1 aromatic carbocycles. The molecule has 2 aliphatic heterocycles. The van der Waals surface area contributed by atoms with Gasteiger partial charge in [0.2, 0.25) is 0 Å². The van der Waals surface area contributed by atoms with E-state index < -0.39 is 5.91 Å². The maximum atomic E-state index is 13.0. The number of hydrogen-bond donors (Lipinski definition) is 2. The number of primary amides is 1. The number of carbonyl (C=O) groups is 2. The monoisotopic (exact) mass is 444 g/mol. The Morgan fingerprint density at radius 1 is 1.21 bits per heavy atom. The Hall–Kier alpha value is -3.90. The quantitative estimate of drug-likeness (QED) is 0.642. The highest BCUT2D eigenvalue weighted by Crippen LogP contribution is 2.36. The Balaban J connectivity index is 1.43. The zero-order valence-corrected chi connectivity index (χ0v) is 18.1. The number of urea groups is 1. The van der Waals surface area contributed by atoms with Gasteiger partial charge in [0.05, 0.1) is 28.9 Å². The second kappa shape index (κ2) is 8.56. The molecule has 3 aromatic rings. The molecule has 5 rings (SSSR count). The number of hydrogen-bond acceptors (Lipinski definition) is 5. The average molecular weight is 444 g/mol. The van der Waals surface area contributed by atoms with Gasteiger partial charge in [0.15, 0.2) is 0 Å². The number of nitriles is 1. The largest absolute Gasteiger partial charge is 0.381 e. The number of nitrogens with one attached hydrogen (secondary N) is 1. The van der Waals surface area contributed by atoms with Gasteiger partial charge in [0.25, 0.3) is 5.91 Å². The molecule has 1 fully saturated rings. The number of fused-ring (bicyclic) bond motifs is 2. The predicted octanol–water partition coefficient (Wildman–Crippen LogP) is 2.95. The van der Waals surface area contributed by atoms with Gasteiger partial charge in [0.1, 0.15) is 6.07 Å². The van der Waals surface area contributed by atoms with Crippen molar-refractivity contribution in [2.45, 2.75) is 31.8 Å². The number of amides is 3. The van der Waals surface area contributed by atoms with Crippen molar-refractivity contribution < 1.29 is 14.3 Å². The summed E-state index contributed by atoms with van der Waals surface area (Å²) in [5, 5.41) is 13.7. The van der Waals surface area contributed by atoms with Crippen LogP contribution in [0.15, 0.2) is 36.5 Å². The molecule has 1 saturated heterocycles. The molecule has 33 heavy (non-hydrogen) atoms. The molecule has 0 bridgehead atoms. The number of nitrogens with zero attached hydrogens (tertiary/aromatic N) is 4. The molecule has 0 atom stereocenters. The molecular formula is C24H24N6O3. The Morgan fingerprint density at radius 3 is 2.79 bits per heavy atom. The third-order valence-corrected chi connectivity index (χ3v) is 6.45. The van der Waals surface area contributed by atoms with E-state index in [2.05, 4.69) is 16.4 Å². The Kier molecular flexibility index (Phi) is 5.44. The maximum absolute atomic E-state index is 13.0. The summed E-state index contributed by atoms with van der Waals surface area (Å²) < 4.78 is 7.50. The van der Waals surface area contributed by atoms with Gasteiger partial charge in [-0.2, -0.15) is 5.26 Å². The highest BCUT2D eigenvalue weighted by Gasteiger charge is 2.34. The lowest BCUT2D eigenvalue weighted by Gasteiger charge is -2.32. The molecule has 2 aliphatic rings. The van der Waals surface area contributed by atoms with Crippen LogP contribution in [0.2, 0.25) is 0 Å². The van der Waals surface area contributed by atoms with Crippen molar-refractivity contribution in [3.63, 3.8) is 0 Å². The number of nitrogens with two attached hydrogens (primary N) is 1. The van der Waals surface area contributed by atoms with Crippen molar-refractivity contribution in [1.82, 2.24) is 14.5 Å². The number of ether oxygens (including phenoxy) is 1. The summed E-state index contributed by atoms with van der Waals surface area (Å²) >= 11 is 0. The Labute approximate surface area is 190 Å². The molecule has 3 N–H and O–H groups in total. The lowest BCUT2D eigenvalue weighted by Crippen LogP contribution is -2.41. The van der Waals surface area contributed by atoms with Crippen molar-refractivity contribution in [2.24, 2.45) is 5.73 Å². The van der Waals surface area contributed by atoms with Crippen LogP contribution < -0.4 is 11.1 Å². The maximum Gasteiger partial charge on any atom is 0.322 e. The minimum Gasteiger partial charge on any atom is -0.381 e. The number of pyridine rings is 1. The summed E-state index contributed by atoms with van der Waals surface area (Å²) in [6, 6.07) is 11.3. The molecule has 0 unspecified atom stereocenters. The zero-order valence-electron chi connectivity index (χ0n) is 18.1. The number of rotatable bonds is 3. The van der Waals surface area contributed by atoms with Crippen LogP contribution in [0.3, 0.4) is 0 Å². The van der Waals surface area contributed by atoms with Gasteiger partial charge in [-0.3, -0.25) is 9.78 Å². The second-order valence-corrected chi connectivity index (χ2v) is 8.36. The topological polar surface area (TPSA) is 126 Å². The van der Waals surface area contributed by atoms with Crippen LogP contribution in [0.5, 0.6) is 0 Å². The lowest BCUT2D eigenvalue weighted by atomic mass is 9.92. The number of anilines is 1. The van der Waals surface area contributed by atoms with E-state index in [0.717, 1.165) is 29.4 Å². The summed E-state index contributed by atoms with van der Waals surface area (Å²) in [5.41, 5.74) is 9.27. The molecule has 168 valence electrons. The van der Waals surface area contributed by atoms with Gasteiger partial charge < -0.3 is 25.3 Å². The van der Waals surface area contributed by atoms with Gasteiger partial charge in [0, 0.05) is 55.2 Å². The summed E-state index contributed by atoms with van der Waals surface area (Å²) in [6.07, 6.45) is 3.30. The van der Waals surface area contributed by atoms with E-state index in [1.165, 1.54) is 0 Å². The van der Waals surface area contributed by atoms with E-state index in [1.54, 1.807) is 11.1 Å². The highest BCUT2D eigenvalue weighted by molar-refractivity contribution is 5.98. The summed E-state index contributed by atoms with van der Waals surface area (Å²) in [4.78, 5) is 31.3. The van der Waals surface area contributed by atoms with Crippen molar-refractivity contribution in [3.8, 4) is 6.07 Å². The summed E-state index contributed by atoms with van der Waals surface area (Å²) in [7, 11) is 0. The van der Waals surface area contributed by atoms with Crippen molar-refractivity contribution in [3.05, 3.63) is 59.0 Å². The van der Waals surface area contributed by atoms with E-state index in [0.29, 0.717) is 43.2 Å². The first kappa shape index (κ1) is 21.0. The first-order chi connectivity index (χ1) is 16.1. The summed E-state index contributed by atoms with van der Waals surface area (Å²) in [5.74, 6) is -0.510. The lowest BCUT2D eigenvalue weighted by molar-refractivity contribution is 0.0832. The SMILES string of the molecule is N#Cc1c(C(N)=O)c2n(c1C1CCOCC1)CCN(C(=O)Nc1ccc3ncccc3c1)C2. The normalized spacial score (nSPS) is 16.3. The molecule has 0 saturated carbocycles. The zero-order chi connectivity index (χ0) is 22.9. The van der Waals surface area contributed by atoms with Crippen LogP contribution >= 0.6 is 0 Å². The van der Waals surface area contributed by atoms with Crippen LogP contribution in [0, 0.1) is 11.3 Å². The molecule has 2 aromatic heterocycles. The van der Waals surface area contributed by atoms with Crippen LogP contribution in [0.25, 0.3) is 10.9 Å². The first-order valence-electron chi connectivity index (χ1n) is 11.0. The van der Waals surface area contributed by atoms with E-state index >= 15 is 0 Å². The molecule has 0 radical (unpaired) electrons. The van der Waals surface area contributed by atoms with Crippen molar-refractivity contribution in [2.75, 3.05) is 25.1 Å². The van der Waals surface area contributed by atoms with Crippen molar-refractivity contribution in [1.29, 1.82) is 5.26 Å². The van der Waals surface area contributed by atoms with Gasteiger partial charge in [-0.05, 0) is 37.1 Å². The second-order valence-electron chi connectivity index (χ2n) is 8.36. The van der Waals surface area contributed by atoms with Gasteiger partial charge >= 0.3 is 6.03 Å². The standard InChI is InChI=1S/C24H24N6O3/c25-13-18-21(23(26)31)20-14-29(8-9-30(20)22(18)15-5-10-33-11-6-15)24(32)28-17-3-4-19-16(12-17)2-1-7-27-19/h1-4,7,12,15H,5-6,8-11,14H2,(H2,26,31)(H,28,32). The van der Waals surface area contributed by atoms with E-state index in [9.17, 15) is 14.9 Å². The smallest absolute Gasteiger partial charge is 0.322 e. The van der Waals surface area contributed by atoms with Gasteiger partial charge in [-0.15, -0.1) is 0 Å². The van der Waals surface area contributed by atoms with E-state index in [-0.39, 0.29) is 24.1 Å². The molecule has 3 amide bonds. The van der Waals surface area contributed by atoms with Crippen LogP contribution in [0.1, 0.15) is 46.1 Å². The number of aromatic nitrogens is 2. The van der Waals surface area contributed by atoms with Gasteiger partial charge in [-0.1, -0.05) is 6.07 Å². The Bertz CT molecular complexity index is 1290. The van der Waals surface area contributed by atoms with Crippen LogP contribution in [-0.2, 0) is 17.8 Å². The number of benzene rings is 1. The molecule has 9 nitrogen and oxygen atoms in total. The predicted molar refractivity (Wildman–Crippen MR) is 122 cm³/mol. The van der Waals surface area contributed by atoms with Crippen LogP contribution in [-0.4, -0.2) is 46.1 Å². The van der Waals surface area contributed by atoms with E-state index in [4.69, 9.17) is 10.5 Å². The number of carbonyl (C=O) groups excluding carboxylic acids is 2. The Morgan fingerprint density at radius 2 is 2.03 bits per heavy atom. The minimum atomic E-state index is -0.641. The fourth-order valence-electron chi connectivity index (χ4n) is 4.89. The average Bonchev–Trinajstić information content (AvgIpc) is 3.18. The molecule has 9 heteroatoms. The fourth-order valence-corrected chi connectivity index (χ4v) is 4.89. The molecule has 0 spiro atoms. The fraction of sp³-hybridized carbons (Fsp3) is 0.333. The van der Waals surface area contributed by atoms with E-state index in [1.807, 2.05) is 34.9 Å². The third-order valence-electron chi connectivity index (χ3n) is 6.45. The first-order valence-corrected chi connectivity index (χ1v) is 11.0. The van der Waals surface area contributed by atoms with Crippen LogP contribution in [0.4, 0.5) is 10.5 Å².